The van der Waals surface area contributed by atoms with E-state index in [4.69, 9.17) is 51.8 Å². The highest BCUT2D eigenvalue weighted by Gasteiger charge is 2.33. The highest BCUT2D eigenvalue weighted by molar-refractivity contribution is 7.80. The van der Waals surface area contributed by atoms with E-state index in [1.165, 1.54) is 10.9 Å². The second-order valence-corrected chi connectivity index (χ2v) is 6.80. The molecule has 0 unspecified atom stereocenters. The number of benzene rings is 1. The summed E-state index contributed by atoms with van der Waals surface area (Å²) in [5.41, 5.74) is 0.967. The summed E-state index contributed by atoms with van der Waals surface area (Å²) in [4.78, 5) is 3.88. The van der Waals surface area contributed by atoms with Crippen molar-refractivity contribution in [2.45, 2.75) is 9.90 Å². The second kappa shape index (κ2) is 7.27. The predicted octanol–water partition coefficient (Wildman–Crippen LogP) is 4.48. The molecule has 1 heterocycles. The Morgan fingerprint density at radius 3 is 2.57 bits per heavy atom. The minimum Gasteiger partial charge on any atom is -0.458 e. The van der Waals surface area contributed by atoms with E-state index in [0.717, 1.165) is 5.56 Å². The van der Waals surface area contributed by atoms with E-state index in [0.29, 0.717) is 0 Å². The molecule has 0 saturated heterocycles. The first-order chi connectivity index (χ1) is 9.97. The largest absolute Gasteiger partial charge is 0.458 e. The highest BCUT2D eigenvalue weighted by atomic mass is 35.6. The fourth-order valence-corrected chi connectivity index (χ4v) is 2.08. The van der Waals surface area contributed by atoms with Crippen LogP contribution in [0, 0.1) is 0 Å². The zero-order valence-corrected chi connectivity index (χ0v) is 13.8. The molecule has 3 nitrogen and oxygen atoms in total. The van der Waals surface area contributed by atoms with Crippen LogP contribution in [0.2, 0.25) is 0 Å². The van der Waals surface area contributed by atoms with Crippen molar-refractivity contribution in [3.8, 4) is 0 Å². The van der Waals surface area contributed by atoms with Gasteiger partial charge in [0.05, 0.1) is 0 Å². The van der Waals surface area contributed by atoms with Gasteiger partial charge in [-0.15, -0.1) is 0 Å². The van der Waals surface area contributed by atoms with Crippen LogP contribution in [0.25, 0.3) is 6.08 Å². The SMILES string of the molecule is S=C(O[C@H](/C=C/c1ccccc1)C(Cl)(Cl)Cl)n1ccnc1. The maximum absolute atomic E-state index is 5.94. The topological polar surface area (TPSA) is 27.1 Å². The fraction of sp³-hybridized carbons (Fsp3) is 0.143. The molecule has 7 heteroatoms. The van der Waals surface area contributed by atoms with Crippen LogP contribution in [0.3, 0.4) is 0 Å². The van der Waals surface area contributed by atoms with Crippen molar-refractivity contribution in [1.82, 2.24) is 9.55 Å². The molecule has 1 aromatic carbocycles. The van der Waals surface area contributed by atoms with Crippen molar-refractivity contribution in [3.05, 3.63) is 60.7 Å². The Morgan fingerprint density at radius 1 is 1.29 bits per heavy atom. The maximum Gasteiger partial charge on any atom is 0.269 e. The second-order valence-electron chi connectivity index (χ2n) is 4.09. The summed E-state index contributed by atoms with van der Waals surface area (Å²) in [6, 6.07) is 9.62. The van der Waals surface area contributed by atoms with Crippen molar-refractivity contribution in [1.29, 1.82) is 0 Å². The normalized spacial score (nSPS) is 13.3. The molecule has 21 heavy (non-hydrogen) atoms. The molecule has 0 N–H and O–H groups in total. The molecular formula is C14H11Cl3N2OS. The fourth-order valence-electron chi connectivity index (χ4n) is 1.51. The zero-order valence-electron chi connectivity index (χ0n) is 10.7. The van der Waals surface area contributed by atoms with Crippen LogP contribution in [0.5, 0.6) is 0 Å². The summed E-state index contributed by atoms with van der Waals surface area (Å²) in [7, 11) is 0. The summed E-state index contributed by atoms with van der Waals surface area (Å²) in [6.07, 6.45) is 7.39. The number of alkyl halides is 3. The Balaban J connectivity index is 2.12. The molecule has 0 fully saturated rings. The maximum atomic E-state index is 5.94. The molecule has 1 aromatic heterocycles. The zero-order chi connectivity index (χ0) is 15.3. The Hall–Kier alpha value is -1.07. The number of rotatable bonds is 3. The van der Waals surface area contributed by atoms with E-state index in [-0.39, 0.29) is 5.17 Å². The molecule has 0 saturated carbocycles. The first-order valence-electron chi connectivity index (χ1n) is 5.96. The van der Waals surface area contributed by atoms with Crippen LogP contribution in [0.1, 0.15) is 5.56 Å². The lowest BCUT2D eigenvalue weighted by atomic mass is 10.2. The van der Waals surface area contributed by atoms with Crippen molar-refractivity contribution < 1.29 is 4.74 Å². The summed E-state index contributed by atoms with van der Waals surface area (Å²) in [5.74, 6) is 0. The average molecular weight is 362 g/mol. The lowest BCUT2D eigenvalue weighted by Gasteiger charge is -2.22. The van der Waals surface area contributed by atoms with Crippen molar-refractivity contribution in [3.63, 3.8) is 0 Å². The number of ether oxygens (including phenoxy) is 1. The number of hydrogen-bond donors (Lipinski definition) is 0. The summed E-state index contributed by atoms with van der Waals surface area (Å²) < 4.78 is 5.43. The van der Waals surface area contributed by atoms with Crippen LogP contribution in [0.4, 0.5) is 0 Å². The van der Waals surface area contributed by atoms with Gasteiger partial charge in [-0.1, -0.05) is 71.2 Å². The monoisotopic (exact) mass is 360 g/mol. The Morgan fingerprint density at radius 2 is 2.00 bits per heavy atom. The van der Waals surface area contributed by atoms with Gasteiger partial charge in [0.25, 0.3) is 5.17 Å². The van der Waals surface area contributed by atoms with Crippen LogP contribution in [-0.2, 0) is 4.74 Å². The van der Waals surface area contributed by atoms with Crippen molar-refractivity contribution >= 4 is 58.3 Å². The third-order valence-electron chi connectivity index (χ3n) is 2.53. The smallest absolute Gasteiger partial charge is 0.269 e. The molecule has 0 aliphatic heterocycles. The Bertz CT molecular complexity index is 609. The minimum absolute atomic E-state index is 0.154. The number of halogens is 3. The molecule has 0 radical (unpaired) electrons. The molecule has 2 aromatic rings. The molecule has 0 aliphatic rings. The van der Waals surface area contributed by atoms with Gasteiger partial charge in [0, 0.05) is 12.4 Å². The number of hydrogen-bond acceptors (Lipinski definition) is 3. The first kappa shape index (κ1) is 16.3. The average Bonchev–Trinajstić information content (AvgIpc) is 2.97. The Labute approximate surface area is 143 Å². The molecule has 0 spiro atoms. The molecule has 0 amide bonds. The van der Waals surface area contributed by atoms with E-state index in [9.17, 15) is 0 Å². The van der Waals surface area contributed by atoms with E-state index in [1.54, 1.807) is 18.5 Å². The molecule has 0 bridgehead atoms. The van der Waals surface area contributed by atoms with Crippen molar-refractivity contribution in [2.24, 2.45) is 0 Å². The van der Waals surface area contributed by atoms with Gasteiger partial charge >= 0.3 is 0 Å². The summed E-state index contributed by atoms with van der Waals surface area (Å²) in [6.45, 7) is 0. The van der Waals surface area contributed by atoms with Gasteiger partial charge in [0.1, 0.15) is 6.33 Å². The van der Waals surface area contributed by atoms with E-state index in [2.05, 4.69) is 4.98 Å². The quantitative estimate of drug-likeness (QED) is 0.595. The third-order valence-corrected chi connectivity index (χ3v) is 3.48. The van der Waals surface area contributed by atoms with Gasteiger partial charge in [-0.3, -0.25) is 4.57 Å². The van der Waals surface area contributed by atoms with Crippen LogP contribution in [-0.4, -0.2) is 24.6 Å². The van der Waals surface area contributed by atoms with Gasteiger partial charge < -0.3 is 4.74 Å². The number of thiocarbonyl (C=S) groups is 1. The number of aromatic nitrogens is 2. The number of nitrogens with zero attached hydrogens (tertiary/aromatic N) is 2. The number of imidazole rings is 1. The lowest BCUT2D eigenvalue weighted by Crippen LogP contribution is -2.30. The van der Waals surface area contributed by atoms with Gasteiger partial charge in [0.15, 0.2) is 6.10 Å². The predicted molar refractivity (Wildman–Crippen MR) is 90.9 cm³/mol. The van der Waals surface area contributed by atoms with Gasteiger partial charge in [-0.05, 0) is 23.9 Å². The Kier molecular flexibility index (Phi) is 5.65. The van der Waals surface area contributed by atoms with Crippen LogP contribution in [0.15, 0.2) is 55.1 Å². The van der Waals surface area contributed by atoms with E-state index >= 15 is 0 Å². The van der Waals surface area contributed by atoms with Crippen molar-refractivity contribution in [2.75, 3.05) is 0 Å². The summed E-state index contributed by atoms with van der Waals surface area (Å²) >= 11 is 23.0. The summed E-state index contributed by atoms with van der Waals surface area (Å²) in [5, 5.41) is 0.154. The molecule has 0 aliphatic carbocycles. The molecule has 110 valence electrons. The third kappa shape index (κ3) is 5.00. The van der Waals surface area contributed by atoms with Gasteiger partial charge in [0.2, 0.25) is 3.79 Å². The molecule has 1 atom stereocenters. The van der Waals surface area contributed by atoms with E-state index in [1.807, 2.05) is 36.4 Å². The van der Waals surface area contributed by atoms with Crippen LogP contribution >= 0.6 is 47.0 Å². The van der Waals surface area contributed by atoms with Gasteiger partial charge in [-0.2, -0.15) is 0 Å². The lowest BCUT2D eigenvalue weighted by molar-refractivity contribution is 0.238. The minimum atomic E-state index is -1.64. The van der Waals surface area contributed by atoms with Crippen LogP contribution < -0.4 is 0 Å². The first-order valence-corrected chi connectivity index (χ1v) is 7.50. The standard InChI is InChI=1S/C14H11Cl3N2OS/c15-14(16,17)12(7-6-11-4-2-1-3-5-11)20-13(21)19-9-8-18-10-19/h1-10,12H/b7-6+/t12-/m1/s1. The van der Waals surface area contributed by atoms with E-state index < -0.39 is 9.90 Å². The highest BCUT2D eigenvalue weighted by Crippen LogP contribution is 2.33. The molecule has 2 rings (SSSR count). The van der Waals surface area contributed by atoms with Gasteiger partial charge in [-0.25, -0.2) is 4.98 Å². The molecular weight excluding hydrogens is 351 g/mol.